The number of carbonyl (C=O) groups excluding carboxylic acids is 1. The first kappa shape index (κ1) is 23.9. The van der Waals surface area contributed by atoms with E-state index in [0.717, 1.165) is 28.4 Å². The van der Waals surface area contributed by atoms with Gasteiger partial charge in [0.1, 0.15) is 12.4 Å². The van der Waals surface area contributed by atoms with E-state index >= 15 is 0 Å². The van der Waals surface area contributed by atoms with E-state index in [2.05, 4.69) is 43.8 Å². The Hall–Kier alpha value is -2.41. The van der Waals surface area contributed by atoms with Gasteiger partial charge in [-0.1, -0.05) is 32.9 Å². The molecule has 0 unspecified atom stereocenters. The van der Waals surface area contributed by atoms with E-state index in [1.165, 1.54) is 0 Å². The fraction of sp³-hybridized carbons (Fsp3) is 0.522. The van der Waals surface area contributed by atoms with Crippen LogP contribution in [0.4, 0.5) is 4.79 Å². The molecule has 0 aliphatic rings. The van der Waals surface area contributed by atoms with Gasteiger partial charge in [-0.15, -0.1) is 0 Å². The SMILES string of the molecule is Cc1nc(C)c(COC(=O)OCCc2ccc(O[Si](C)(C)C(C)(C)C)cc2)nc1C. The smallest absolute Gasteiger partial charge is 0.508 e. The van der Waals surface area contributed by atoms with E-state index in [1.807, 2.05) is 45.0 Å². The van der Waals surface area contributed by atoms with Crippen LogP contribution in [0.3, 0.4) is 0 Å². The number of aromatic nitrogens is 2. The molecule has 2 rings (SSSR count). The van der Waals surface area contributed by atoms with E-state index in [-0.39, 0.29) is 18.3 Å². The molecule has 2 aromatic rings. The van der Waals surface area contributed by atoms with Crippen molar-refractivity contribution in [2.45, 2.75) is 72.7 Å². The normalized spacial score (nSPS) is 11.9. The summed E-state index contributed by atoms with van der Waals surface area (Å²) in [7, 11) is -1.85. The van der Waals surface area contributed by atoms with E-state index < -0.39 is 14.5 Å². The monoisotopic (exact) mass is 430 g/mol. The van der Waals surface area contributed by atoms with Crippen LogP contribution in [0.2, 0.25) is 18.1 Å². The molecule has 0 saturated heterocycles. The standard InChI is InChI=1S/C23H34N2O4Si/c1-16-17(2)25-21(18(3)24-16)15-28-22(26)27-14-13-19-9-11-20(12-10-19)29-30(7,8)23(4,5)6/h9-12H,13-15H2,1-8H3. The number of hydrogen-bond acceptors (Lipinski definition) is 6. The van der Waals surface area contributed by atoms with Crippen molar-refractivity contribution >= 4 is 14.5 Å². The summed E-state index contributed by atoms with van der Waals surface area (Å²) in [5, 5.41) is 0.154. The Balaban J connectivity index is 1.78. The molecular formula is C23H34N2O4Si. The number of benzene rings is 1. The molecule has 0 atom stereocenters. The van der Waals surface area contributed by atoms with Crippen LogP contribution >= 0.6 is 0 Å². The third-order valence-electron chi connectivity index (χ3n) is 5.62. The average Bonchev–Trinajstić information content (AvgIpc) is 2.64. The zero-order chi connectivity index (χ0) is 22.5. The van der Waals surface area contributed by atoms with Crippen LogP contribution in [-0.2, 0) is 22.5 Å². The minimum absolute atomic E-state index is 0.0538. The third kappa shape index (κ3) is 6.55. The first-order valence-corrected chi connectivity index (χ1v) is 13.2. The van der Waals surface area contributed by atoms with Crippen LogP contribution < -0.4 is 4.43 Å². The van der Waals surface area contributed by atoms with Crippen LogP contribution in [0.5, 0.6) is 5.75 Å². The lowest BCUT2D eigenvalue weighted by atomic mass is 10.1. The number of aryl methyl sites for hydroxylation is 3. The first-order valence-electron chi connectivity index (χ1n) is 10.3. The quantitative estimate of drug-likeness (QED) is 0.416. The van der Waals surface area contributed by atoms with Crippen molar-refractivity contribution in [3.8, 4) is 5.75 Å². The molecule has 1 aromatic heterocycles. The van der Waals surface area contributed by atoms with Gasteiger partial charge in [-0.3, -0.25) is 9.97 Å². The number of nitrogens with zero attached hydrogens (tertiary/aromatic N) is 2. The molecule has 1 heterocycles. The third-order valence-corrected chi connectivity index (χ3v) is 9.98. The summed E-state index contributed by atoms with van der Waals surface area (Å²) < 4.78 is 16.6. The fourth-order valence-electron chi connectivity index (χ4n) is 2.49. The fourth-order valence-corrected chi connectivity index (χ4v) is 3.52. The maximum Gasteiger partial charge on any atom is 0.508 e. The van der Waals surface area contributed by atoms with Crippen molar-refractivity contribution in [3.05, 3.63) is 52.6 Å². The van der Waals surface area contributed by atoms with E-state index in [9.17, 15) is 4.79 Å². The molecule has 0 radical (unpaired) electrons. The Morgan fingerprint density at radius 1 is 0.933 bits per heavy atom. The maximum absolute atomic E-state index is 11.9. The molecule has 0 saturated carbocycles. The zero-order valence-corrected chi connectivity index (χ0v) is 20.5. The molecule has 0 aliphatic carbocycles. The van der Waals surface area contributed by atoms with E-state index in [1.54, 1.807) is 0 Å². The summed E-state index contributed by atoms with van der Waals surface area (Å²) in [6, 6.07) is 7.97. The van der Waals surface area contributed by atoms with Gasteiger partial charge in [-0.2, -0.15) is 0 Å². The topological polar surface area (TPSA) is 70.5 Å². The van der Waals surface area contributed by atoms with E-state index in [4.69, 9.17) is 13.9 Å². The first-order chi connectivity index (χ1) is 13.9. The van der Waals surface area contributed by atoms with Crippen molar-refractivity contribution in [1.82, 2.24) is 9.97 Å². The van der Waals surface area contributed by atoms with Gasteiger partial charge in [-0.25, -0.2) is 4.79 Å². The number of ether oxygens (including phenoxy) is 2. The number of carbonyl (C=O) groups is 1. The van der Waals surface area contributed by atoms with Gasteiger partial charge in [0.15, 0.2) is 0 Å². The van der Waals surface area contributed by atoms with Crippen molar-refractivity contribution in [2.75, 3.05) is 6.61 Å². The van der Waals surface area contributed by atoms with Crippen molar-refractivity contribution in [3.63, 3.8) is 0 Å². The summed E-state index contributed by atoms with van der Waals surface area (Å²) in [6.45, 7) is 17.1. The van der Waals surface area contributed by atoms with Gasteiger partial charge in [0.05, 0.1) is 29.4 Å². The largest absolute Gasteiger partial charge is 0.544 e. The van der Waals surface area contributed by atoms with Gasteiger partial charge >= 0.3 is 6.16 Å². The summed E-state index contributed by atoms with van der Waals surface area (Å²) >= 11 is 0. The highest BCUT2D eigenvalue weighted by molar-refractivity contribution is 6.74. The lowest BCUT2D eigenvalue weighted by Gasteiger charge is -2.36. The Kier molecular flexibility index (Phi) is 7.63. The second kappa shape index (κ2) is 9.60. The van der Waals surface area contributed by atoms with Gasteiger partial charge in [0.2, 0.25) is 8.32 Å². The molecule has 1 aromatic carbocycles. The summed E-state index contributed by atoms with van der Waals surface area (Å²) in [6.07, 6.45) is -0.0925. The minimum atomic E-state index is -1.85. The maximum atomic E-state index is 11.9. The molecule has 0 amide bonds. The molecule has 30 heavy (non-hydrogen) atoms. The van der Waals surface area contributed by atoms with Gasteiger partial charge in [0, 0.05) is 6.42 Å². The number of rotatable bonds is 7. The van der Waals surface area contributed by atoms with Crippen LogP contribution in [0.15, 0.2) is 24.3 Å². The highest BCUT2D eigenvalue weighted by Crippen LogP contribution is 2.37. The molecule has 0 fully saturated rings. The lowest BCUT2D eigenvalue weighted by Crippen LogP contribution is -2.43. The van der Waals surface area contributed by atoms with E-state index in [0.29, 0.717) is 12.1 Å². The molecule has 0 spiro atoms. The summed E-state index contributed by atoms with van der Waals surface area (Å²) in [5.74, 6) is 0.885. The predicted octanol–water partition coefficient (Wildman–Crippen LogP) is 5.68. The molecule has 7 heteroatoms. The Morgan fingerprint density at radius 2 is 1.53 bits per heavy atom. The van der Waals surface area contributed by atoms with Crippen molar-refractivity contribution < 1.29 is 18.7 Å². The molecule has 6 nitrogen and oxygen atoms in total. The van der Waals surface area contributed by atoms with Crippen LogP contribution in [-0.4, -0.2) is 31.0 Å². The highest BCUT2D eigenvalue weighted by atomic mass is 28.4. The zero-order valence-electron chi connectivity index (χ0n) is 19.5. The Morgan fingerprint density at radius 3 is 2.13 bits per heavy atom. The van der Waals surface area contributed by atoms with Gasteiger partial charge in [-0.05, 0) is 56.6 Å². The minimum Gasteiger partial charge on any atom is -0.544 e. The van der Waals surface area contributed by atoms with Crippen molar-refractivity contribution in [2.24, 2.45) is 0 Å². The Bertz CT molecular complexity index is 874. The molecule has 0 aliphatic heterocycles. The molecule has 0 N–H and O–H groups in total. The lowest BCUT2D eigenvalue weighted by molar-refractivity contribution is 0.0496. The average molecular weight is 431 g/mol. The molecule has 0 bridgehead atoms. The second-order valence-corrected chi connectivity index (χ2v) is 13.8. The van der Waals surface area contributed by atoms with Gasteiger partial charge < -0.3 is 13.9 Å². The van der Waals surface area contributed by atoms with Crippen molar-refractivity contribution in [1.29, 1.82) is 0 Å². The number of hydrogen-bond donors (Lipinski definition) is 0. The summed E-state index contributed by atoms with van der Waals surface area (Å²) in [4.78, 5) is 20.7. The van der Waals surface area contributed by atoms with Crippen LogP contribution in [0, 0.1) is 20.8 Å². The molecular weight excluding hydrogens is 396 g/mol. The predicted molar refractivity (Wildman–Crippen MR) is 120 cm³/mol. The van der Waals surface area contributed by atoms with Crippen LogP contribution in [0.25, 0.3) is 0 Å². The highest BCUT2D eigenvalue weighted by Gasteiger charge is 2.38. The molecule has 164 valence electrons. The van der Waals surface area contributed by atoms with Gasteiger partial charge in [0.25, 0.3) is 0 Å². The summed E-state index contributed by atoms with van der Waals surface area (Å²) in [5.41, 5.74) is 4.17. The van der Waals surface area contributed by atoms with Crippen LogP contribution in [0.1, 0.15) is 49.1 Å². The Labute approximate surface area is 181 Å². The second-order valence-electron chi connectivity index (χ2n) is 9.07.